The lowest BCUT2D eigenvalue weighted by atomic mass is 10.0. The molecule has 2 atom stereocenters. The molecule has 0 aliphatic carbocycles. The topological polar surface area (TPSA) is 46.5 Å². The predicted molar refractivity (Wildman–Crippen MR) is 39.9 cm³/mol. The van der Waals surface area contributed by atoms with Gasteiger partial charge in [-0.25, -0.2) is 0 Å². The van der Waals surface area contributed by atoms with Crippen LogP contribution in [0.25, 0.3) is 0 Å². The molecule has 3 nitrogen and oxygen atoms in total. The van der Waals surface area contributed by atoms with Crippen molar-refractivity contribution >= 4 is 5.97 Å². The van der Waals surface area contributed by atoms with Crippen molar-refractivity contribution in [2.45, 2.75) is 18.9 Å². The number of rotatable bonds is 3. The summed E-state index contributed by atoms with van der Waals surface area (Å²) in [6.07, 6.45) is 2.69. The quantitative estimate of drug-likeness (QED) is 0.477. The average molecular weight is 156 g/mol. The van der Waals surface area contributed by atoms with Crippen molar-refractivity contribution in [1.82, 2.24) is 0 Å². The fraction of sp³-hybridized carbons (Fsp3) is 0.625. The highest BCUT2D eigenvalue weighted by molar-refractivity contribution is 5.74. The minimum atomic E-state index is -0.285. The summed E-state index contributed by atoms with van der Waals surface area (Å²) in [5.74, 6) is -0.284. The predicted octanol–water partition coefficient (Wildman–Crippen LogP) is 0.486. The highest BCUT2D eigenvalue weighted by atomic mass is 16.6. The van der Waals surface area contributed by atoms with Gasteiger partial charge in [-0.1, -0.05) is 6.08 Å². The van der Waals surface area contributed by atoms with Crippen molar-refractivity contribution in [1.29, 1.82) is 0 Å². The Labute approximate surface area is 65.7 Å². The largest absolute Gasteiger partial charge is 0.460 e. The van der Waals surface area contributed by atoms with Crippen LogP contribution in [-0.2, 0) is 9.53 Å². The number of ether oxygens (including phenoxy) is 1. The van der Waals surface area contributed by atoms with Gasteiger partial charge in [-0.3, -0.25) is 4.79 Å². The summed E-state index contributed by atoms with van der Waals surface area (Å²) in [7, 11) is 0. The van der Waals surface area contributed by atoms with E-state index in [-0.39, 0.29) is 24.6 Å². The standard InChI is InChI=1S/C8H12O3/c1-2-3-6-4-7(5-9)11-8(6)10/h2,6-7,9H,1,3-5H2/t6-,7+/m1/s1. The number of esters is 1. The van der Waals surface area contributed by atoms with E-state index in [1.807, 2.05) is 0 Å². The molecule has 1 aliphatic heterocycles. The van der Waals surface area contributed by atoms with Crippen molar-refractivity contribution in [2.24, 2.45) is 5.92 Å². The third kappa shape index (κ3) is 1.80. The van der Waals surface area contributed by atoms with Gasteiger partial charge in [0.2, 0.25) is 0 Å². The molecule has 1 aliphatic rings. The molecule has 3 heteroatoms. The van der Waals surface area contributed by atoms with Gasteiger partial charge >= 0.3 is 5.97 Å². The number of hydrogen-bond donors (Lipinski definition) is 1. The van der Waals surface area contributed by atoms with Crippen LogP contribution in [0.15, 0.2) is 12.7 Å². The molecule has 0 unspecified atom stereocenters. The second kappa shape index (κ2) is 3.53. The monoisotopic (exact) mass is 156 g/mol. The van der Waals surface area contributed by atoms with Crippen LogP contribution in [0.2, 0.25) is 0 Å². The molecule has 0 amide bonds. The molecule has 0 aromatic carbocycles. The Kier molecular flexibility index (Phi) is 2.65. The van der Waals surface area contributed by atoms with Gasteiger partial charge in [0.1, 0.15) is 6.10 Å². The van der Waals surface area contributed by atoms with Crippen LogP contribution in [0.1, 0.15) is 12.8 Å². The molecule has 0 saturated carbocycles. The van der Waals surface area contributed by atoms with Crippen molar-refractivity contribution in [3.63, 3.8) is 0 Å². The molecule has 0 aromatic heterocycles. The summed E-state index contributed by atoms with van der Waals surface area (Å²) in [6, 6.07) is 0. The molecule has 1 N–H and O–H groups in total. The maximum absolute atomic E-state index is 11.0. The zero-order valence-corrected chi connectivity index (χ0v) is 6.32. The first-order valence-corrected chi connectivity index (χ1v) is 3.70. The van der Waals surface area contributed by atoms with E-state index in [4.69, 9.17) is 9.84 Å². The fourth-order valence-electron chi connectivity index (χ4n) is 1.23. The van der Waals surface area contributed by atoms with E-state index in [1.165, 1.54) is 0 Å². The summed E-state index contributed by atoms with van der Waals surface area (Å²) in [4.78, 5) is 11.0. The first-order valence-electron chi connectivity index (χ1n) is 3.70. The smallest absolute Gasteiger partial charge is 0.309 e. The molecule has 0 bridgehead atoms. The molecule has 1 rings (SSSR count). The summed E-state index contributed by atoms with van der Waals surface area (Å²) in [6.45, 7) is 3.47. The van der Waals surface area contributed by atoms with Gasteiger partial charge in [0, 0.05) is 6.42 Å². The van der Waals surface area contributed by atoms with Crippen molar-refractivity contribution in [2.75, 3.05) is 6.61 Å². The first kappa shape index (κ1) is 8.27. The lowest BCUT2D eigenvalue weighted by Gasteiger charge is -2.01. The number of allylic oxidation sites excluding steroid dienone is 1. The summed E-state index contributed by atoms with van der Waals surface area (Å²) in [5.41, 5.74) is 0. The Bertz CT molecular complexity index is 165. The second-order valence-electron chi connectivity index (χ2n) is 2.70. The van der Waals surface area contributed by atoms with Crippen LogP contribution in [-0.4, -0.2) is 23.8 Å². The zero-order chi connectivity index (χ0) is 8.27. The van der Waals surface area contributed by atoms with Crippen LogP contribution in [0.3, 0.4) is 0 Å². The molecular weight excluding hydrogens is 144 g/mol. The Morgan fingerprint density at radius 2 is 2.55 bits per heavy atom. The lowest BCUT2D eigenvalue weighted by molar-refractivity contribution is -0.145. The number of carbonyl (C=O) groups is 1. The van der Waals surface area contributed by atoms with Gasteiger partial charge in [0.15, 0.2) is 0 Å². The molecular formula is C8H12O3. The molecule has 62 valence electrons. The first-order chi connectivity index (χ1) is 5.27. The van der Waals surface area contributed by atoms with E-state index in [9.17, 15) is 4.79 Å². The zero-order valence-electron chi connectivity index (χ0n) is 6.32. The lowest BCUT2D eigenvalue weighted by Crippen LogP contribution is -2.10. The molecule has 1 saturated heterocycles. The van der Waals surface area contributed by atoms with Gasteiger partial charge in [-0.2, -0.15) is 0 Å². The Morgan fingerprint density at radius 3 is 3.00 bits per heavy atom. The van der Waals surface area contributed by atoms with Crippen LogP contribution < -0.4 is 0 Å². The summed E-state index contributed by atoms with van der Waals surface area (Å²) < 4.78 is 4.84. The maximum atomic E-state index is 11.0. The molecule has 0 radical (unpaired) electrons. The third-order valence-electron chi connectivity index (χ3n) is 1.82. The van der Waals surface area contributed by atoms with Crippen LogP contribution in [0, 0.1) is 5.92 Å². The molecule has 1 heterocycles. The minimum Gasteiger partial charge on any atom is -0.460 e. The van der Waals surface area contributed by atoms with Gasteiger partial charge < -0.3 is 9.84 Å². The van der Waals surface area contributed by atoms with Gasteiger partial charge in [-0.15, -0.1) is 6.58 Å². The maximum Gasteiger partial charge on any atom is 0.309 e. The highest BCUT2D eigenvalue weighted by Gasteiger charge is 2.32. The van der Waals surface area contributed by atoms with Crippen LogP contribution in [0.4, 0.5) is 0 Å². The minimum absolute atomic E-state index is 0.0701. The third-order valence-corrected chi connectivity index (χ3v) is 1.82. The van der Waals surface area contributed by atoms with Crippen LogP contribution in [0.5, 0.6) is 0 Å². The van der Waals surface area contributed by atoms with Gasteiger partial charge in [0.05, 0.1) is 12.5 Å². The van der Waals surface area contributed by atoms with E-state index in [0.717, 1.165) is 0 Å². The number of hydrogen-bond acceptors (Lipinski definition) is 3. The normalized spacial score (nSPS) is 30.1. The summed E-state index contributed by atoms with van der Waals surface area (Å²) in [5, 5.41) is 8.67. The molecule has 11 heavy (non-hydrogen) atoms. The molecule has 1 fully saturated rings. The van der Waals surface area contributed by atoms with E-state index >= 15 is 0 Å². The van der Waals surface area contributed by atoms with E-state index < -0.39 is 0 Å². The average Bonchev–Trinajstić information content (AvgIpc) is 2.33. The Balaban J connectivity index is 2.44. The van der Waals surface area contributed by atoms with Crippen molar-refractivity contribution in [3.05, 3.63) is 12.7 Å². The number of cyclic esters (lactones) is 1. The van der Waals surface area contributed by atoms with Crippen molar-refractivity contribution < 1.29 is 14.6 Å². The van der Waals surface area contributed by atoms with Crippen molar-refractivity contribution in [3.8, 4) is 0 Å². The van der Waals surface area contributed by atoms with Gasteiger partial charge in [-0.05, 0) is 6.42 Å². The number of aliphatic hydroxyl groups is 1. The highest BCUT2D eigenvalue weighted by Crippen LogP contribution is 2.23. The number of carbonyl (C=O) groups excluding carboxylic acids is 1. The Hall–Kier alpha value is -0.830. The SMILES string of the molecule is C=CC[C@@H]1C[C@@H](CO)OC1=O. The fourth-order valence-corrected chi connectivity index (χ4v) is 1.23. The second-order valence-corrected chi connectivity index (χ2v) is 2.70. The summed E-state index contributed by atoms with van der Waals surface area (Å²) >= 11 is 0. The number of aliphatic hydroxyl groups excluding tert-OH is 1. The van der Waals surface area contributed by atoms with E-state index in [1.54, 1.807) is 6.08 Å². The molecule has 0 aromatic rings. The Morgan fingerprint density at radius 1 is 1.82 bits per heavy atom. The van der Waals surface area contributed by atoms with E-state index in [0.29, 0.717) is 12.8 Å². The van der Waals surface area contributed by atoms with Gasteiger partial charge in [0.25, 0.3) is 0 Å². The molecule has 0 spiro atoms. The van der Waals surface area contributed by atoms with Crippen LogP contribution >= 0.6 is 0 Å². The van der Waals surface area contributed by atoms with E-state index in [2.05, 4.69) is 6.58 Å².